The Labute approximate surface area is 218 Å². The van der Waals surface area contributed by atoms with E-state index in [0.717, 1.165) is 20.2 Å². The summed E-state index contributed by atoms with van der Waals surface area (Å²) in [5, 5.41) is 5.58. The maximum absolute atomic E-state index is 13.4. The number of piperazine rings is 1. The number of esters is 1. The van der Waals surface area contributed by atoms with E-state index in [1.54, 1.807) is 49.1 Å². The molecule has 9 nitrogen and oxygen atoms in total. The lowest BCUT2D eigenvalue weighted by molar-refractivity contribution is -0.133. The van der Waals surface area contributed by atoms with Gasteiger partial charge in [-0.15, -0.1) is 11.3 Å². The number of nitrogens with zero attached hydrogens (tertiary/aromatic N) is 3. The average molecular weight is 531 g/mol. The highest BCUT2D eigenvalue weighted by Crippen LogP contribution is 2.30. The highest BCUT2D eigenvalue weighted by molar-refractivity contribution is 7.22. The number of carbonyl (C=O) groups excluding carboxylic acids is 3. The summed E-state index contributed by atoms with van der Waals surface area (Å²) in [6, 6.07) is 8.50. The van der Waals surface area contributed by atoms with Gasteiger partial charge in [-0.25, -0.2) is 14.6 Å². The predicted molar refractivity (Wildman–Crippen MR) is 141 cm³/mol. The van der Waals surface area contributed by atoms with E-state index in [1.165, 1.54) is 18.4 Å². The lowest BCUT2D eigenvalue weighted by atomic mass is 10.1. The molecular weight excluding hydrogens is 500 g/mol. The van der Waals surface area contributed by atoms with Crippen molar-refractivity contribution in [3.63, 3.8) is 0 Å². The molecule has 1 aromatic carbocycles. The second kappa shape index (κ2) is 10.8. The van der Waals surface area contributed by atoms with Crippen LogP contribution in [0.4, 0.5) is 9.93 Å². The molecular formula is C25H30N4O5S2. The van der Waals surface area contributed by atoms with Gasteiger partial charge in [0.15, 0.2) is 5.13 Å². The molecule has 1 N–H and O–H groups in total. The van der Waals surface area contributed by atoms with E-state index in [2.05, 4.69) is 10.2 Å². The minimum atomic E-state index is -0.704. The van der Waals surface area contributed by atoms with E-state index < -0.39 is 17.7 Å². The number of thiazole rings is 1. The molecule has 0 radical (unpaired) electrons. The van der Waals surface area contributed by atoms with Gasteiger partial charge >= 0.3 is 12.1 Å². The molecule has 0 spiro atoms. The number of methoxy groups -OCH3 is 1. The molecule has 3 heterocycles. The van der Waals surface area contributed by atoms with Gasteiger partial charge in [0.05, 0.1) is 22.9 Å². The van der Waals surface area contributed by atoms with Gasteiger partial charge < -0.3 is 24.6 Å². The van der Waals surface area contributed by atoms with Crippen molar-refractivity contribution in [1.82, 2.24) is 15.2 Å². The Kier molecular flexibility index (Phi) is 7.79. The normalized spacial score (nSPS) is 15.0. The third-order valence-electron chi connectivity index (χ3n) is 5.63. The maximum atomic E-state index is 13.4. The Morgan fingerprint density at radius 3 is 2.53 bits per heavy atom. The molecule has 1 saturated heterocycles. The van der Waals surface area contributed by atoms with E-state index in [1.807, 2.05) is 23.6 Å². The zero-order chi connectivity index (χ0) is 25.9. The summed E-state index contributed by atoms with van der Waals surface area (Å²) < 4.78 is 11.1. The number of fused-ring (bicyclic) bond motifs is 1. The van der Waals surface area contributed by atoms with Crippen molar-refractivity contribution in [3.05, 3.63) is 46.2 Å². The molecule has 1 aliphatic rings. The van der Waals surface area contributed by atoms with Gasteiger partial charge in [-0.2, -0.15) is 0 Å². The molecule has 1 atom stereocenters. The third kappa shape index (κ3) is 6.33. The van der Waals surface area contributed by atoms with Crippen LogP contribution in [0.1, 0.15) is 36.0 Å². The molecule has 1 unspecified atom stereocenters. The first-order valence-corrected chi connectivity index (χ1v) is 13.4. The summed E-state index contributed by atoms with van der Waals surface area (Å²) in [6.07, 6.45) is -0.187. The lowest BCUT2D eigenvalue weighted by Gasteiger charge is -2.36. The quantitative estimate of drug-likeness (QED) is 0.482. The van der Waals surface area contributed by atoms with Crippen LogP contribution in [0.2, 0.25) is 0 Å². The molecule has 2 amide bonds. The molecule has 1 aliphatic heterocycles. The number of nitrogens with one attached hydrogen (secondary N) is 1. The molecule has 3 aromatic rings. The van der Waals surface area contributed by atoms with Crippen LogP contribution >= 0.6 is 22.7 Å². The van der Waals surface area contributed by atoms with Crippen LogP contribution in [0.25, 0.3) is 10.2 Å². The highest BCUT2D eigenvalue weighted by atomic mass is 32.1. The molecule has 192 valence electrons. The second-order valence-corrected chi connectivity index (χ2v) is 11.5. The fourth-order valence-electron chi connectivity index (χ4n) is 3.91. The number of benzene rings is 1. The fraction of sp³-hybridized carbons (Fsp3) is 0.440. The number of thiophene rings is 1. The number of hydrogen-bond acceptors (Lipinski definition) is 9. The van der Waals surface area contributed by atoms with Crippen LogP contribution in [0, 0.1) is 0 Å². The number of amides is 2. The first kappa shape index (κ1) is 25.9. The molecule has 0 saturated carbocycles. The second-order valence-electron chi connectivity index (χ2n) is 9.47. The monoisotopic (exact) mass is 530 g/mol. The maximum Gasteiger partial charge on any atom is 0.408 e. The molecule has 2 aromatic heterocycles. The van der Waals surface area contributed by atoms with Crippen molar-refractivity contribution in [2.45, 2.75) is 38.8 Å². The summed E-state index contributed by atoms with van der Waals surface area (Å²) in [5.41, 5.74) is 0.657. The number of hydrogen-bond donors (Lipinski definition) is 1. The first-order chi connectivity index (χ1) is 17.1. The van der Waals surface area contributed by atoms with Gasteiger partial charge in [0.2, 0.25) is 5.91 Å². The summed E-state index contributed by atoms with van der Waals surface area (Å²) >= 11 is 3.06. The number of rotatable bonds is 6. The third-order valence-corrected chi connectivity index (χ3v) is 7.61. The molecule has 11 heteroatoms. The van der Waals surface area contributed by atoms with Gasteiger partial charge in [-0.05, 0) is 50.4 Å². The van der Waals surface area contributed by atoms with E-state index in [-0.39, 0.29) is 11.9 Å². The molecule has 0 bridgehead atoms. The summed E-state index contributed by atoms with van der Waals surface area (Å²) in [4.78, 5) is 47.4. The average Bonchev–Trinajstić information content (AvgIpc) is 3.51. The zero-order valence-electron chi connectivity index (χ0n) is 20.8. The Morgan fingerprint density at radius 2 is 1.89 bits per heavy atom. The summed E-state index contributed by atoms with van der Waals surface area (Å²) in [6.45, 7) is 7.64. The van der Waals surface area contributed by atoms with Crippen molar-refractivity contribution >= 4 is 56.0 Å². The highest BCUT2D eigenvalue weighted by Gasteiger charge is 2.31. The van der Waals surface area contributed by atoms with Gasteiger partial charge in [0, 0.05) is 37.5 Å². The Morgan fingerprint density at radius 1 is 1.14 bits per heavy atom. The minimum absolute atomic E-state index is 0.124. The minimum Gasteiger partial charge on any atom is -0.465 e. The Balaban J connectivity index is 1.42. The Hall–Kier alpha value is -3.18. The van der Waals surface area contributed by atoms with Crippen molar-refractivity contribution in [2.75, 3.05) is 38.2 Å². The van der Waals surface area contributed by atoms with Crippen molar-refractivity contribution in [3.8, 4) is 0 Å². The summed E-state index contributed by atoms with van der Waals surface area (Å²) in [7, 11) is 1.36. The van der Waals surface area contributed by atoms with Crippen LogP contribution in [-0.2, 0) is 20.7 Å². The summed E-state index contributed by atoms with van der Waals surface area (Å²) in [5.74, 6) is -0.503. The number of anilines is 1. The first-order valence-electron chi connectivity index (χ1n) is 11.7. The molecule has 36 heavy (non-hydrogen) atoms. The lowest BCUT2D eigenvalue weighted by Crippen LogP contribution is -2.56. The number of ether oxygens (including phenoxy) is 2. The van der Waals surface area contributed by atoms with Crippen molar-refractivity contribution in [2.24, 2.45) is 0 Å². The Bertz CT molecular complexity index is 1230. The van der Waals surface area contributed by atoms with E-state index in [0.29, 0.717) is 38.2 Å². The predicted octanol–water partition coefficient (Wildman–Crippen LogP) is 3.93. The topological polar surface area (TPSA) is 101 Å². The standard InChI is InChI=1S/C25H30N4O5S2/c1-25(2,3)34-24(32)27-19(15-17-6-5-13-35-17)21(30)28-9-11-29(12-10-28)23-26-18-8-7-16(22(31)33-4)14-20(18)36-23/h5-8,13-14,19H,9-12,15H2,1-4H3,(H,27,32). The number of alkyl carbamates (subject to hydrolysis) is 1. The van der Waals surface area contributed by atoms with Crippen LogP contribution in [0.15, 0.2) is 35.7 Å². The zero-order valence-corrected chi connectivity index (χ0v) is 22.4. The fourth-order valence-corrected chi connectivity index (χ4v) is 5.72. The SMILES string of the molecule is COC(=O)c1ccc2nc(N3CCN(C(=O)C(Cc4cccs4)NC(=O)OC(C)(C)C)CC3)sc2c1. The van der Waals surface area contributed by atoms with Crippen LogP contribution < -0.4 is 10.2 Å². The van der Waals surface area contributed by atoms with Gasteiger partial charge in [0.25, 0.3) is 0 Å². The van der Waals surface area contributed by atoms with Crippen molar-refractivity contribution < 1.29 is 23.9 Å². The van der Waals surface area contributed by atoms with Crippen LogP contribution in [0.3, 0.4) is 0 Å². The van der Waals surface area contributed by atoms with E-state index in [4.69, 9.17) is 14.5 Å². The van der Waals surface area contributed by atoms with E-state index >= 15 is 0 Å². The molecule has 4 rings (SSSR count). The van der Waals surface area contributed by atoms with Crippen LogP contribution in [-0.4, -0.2) is 72.8 Å². The molecule has 0 aliphatic carbocycles. The number of carbonyl (C=O) groups is 3. The van der Waals surface area contributed by atoms with E-state index in [9.17, 15) is 14.4 Å². The largest absolute Gasteiger partial charge is 0.465 e. The van der Waals surface area contributed by atoms with Gasteiger partial charge in [-0.1, -0.05) is 17.4 Å². The van der Waals surface area contributed by atoms with Gasteiger partial charge in [-0.3, -0.25) is 4.79 Å². The van der Waals surface area contributed by atoms with Gasteiger partial charge in [0.1, 0.15) is 11.6 Å². The van der Waals surface area contributed by atoms with Crippen molar-refractivity contribution in [1.29, 1.82) is 0 Å². The smallest absolute Gasteiger partial charge is 0.408 e. The number of aromatic nitrogens is 1. The van der Waals surface area contributed by atoms with Crippen LogP contribution in [0.5, 0.6) is 0 Å². The molecule has 1 fully saturated rings.